The van der Waals surface area contributed by atoms with Gasteiger partial charge < -0.3 is 15.4 Å². The van der Waals surface area contributed by atoms with Crippen molar-refractivity contribution in [3.8, 4) is 17.9 Å². The van der Waals surface area contributed by atoms with Crippen molar-refractivity contribution in [2.75, 3.05) is 19.0 Å². The van der Waals surface area contributed by atoms with Crippen molar-refractivity contribution in [3.05, 3.63) is 70.6 Å². The number of benzene rings is 2. The molecule has 118 valence electrons. The number of hydrogen-bond acceptors (Lipinski definition) is 5. The summed E-state index contributed by atoms with van der Waals surface area (Å²) in [6, 6.07) is 17.3. The van der Waals surface area contributed by atoms with Gasteiger partial charge in [0, 0.05) is 31.4 Å². The van der Waals surface area contributed by atoms with E-state index in [1.807, 2.05) is 49.3 Å². The van der Waals surface area contributed by atoms with E-state index in [1.54, 1.807) is 12.1 Å². The van der Waals surface area contributed by atoms with E-state index >= 15 is 0 Å². The van der Waals surface area contributed by atoms with E-state index in [0.717, 1.165) is 16.8 Å². The molecular formula is C19H16N4O. The number of rotatable bonds is 2. The summed E-state index contributed by atoms with van der Waals surface area (Å²) in [4.78, 5) is 1.97. The van der Waals surface area contributed by atoms with Crippen LogP contribution in [0.25, 0.3) is 0 Å². The lowest BCUT2D eigenvalue weighted by Crippen LogP contribution is -2.21. The van der Waals surface area contributed by atoms with Crippen LogP contribution in [0.2, 0.25) is 0 Å². The van der Waals surface area contributed by atoms with Crippen LogP contribution in [-0.2, 0) is 0 Å². The number of allylic oxidation sites excluding steroid dienone is 1. The van der Waals surface area contributed by atoms with Gasteiger partial charge in [0.25, 0.3) is 0 Å². The SMILES string of the molecule is CN(C)c1ccc2c(c1)OC(N)=C(C#N)C2c1cccc(C#N)c1. The number of nitrogens with two attached hydrogens (primary N) is 1. The Morgan fingerprint density at radius 3 is 2.54 bits per heavy atom. The zero-order valence-corrected chi connectivity index (χ0v) is 13.4. The minimum atomic E-state index is -0.344. The lowest BCUT2D eigenvalue weighted by molar-refractivity contribution is 0.394. The monoisotopic (exact) mass is 316 g/mol. The highest BCUT2D eigenvalue weighted by molar-refractivity contribution is 5.61. The number of nitrogens with zero attached hydrogens (tertiary/aromatic N) is 3. The largest absolute Gasteiger partial charge is 0.440 e. The second kappa shape index (κ2) is 5.98. The Balaban J connectivity index is 2.20. The van der Waals surface area contributed by atoms with Crippen molar-refractivity contribution in [1.29, 1.82) is 10.5 Å². The van der Waals surface area contributed by atoms with Gasteiger partial charge in [0.1, 0.15) is 17.4 Å². The summed E-state index contributed by atoms with van der Waals surface area (Å²) in [7, 11) is 3.89. The average molecular weight is 316 g/mol. The minimum Gasteiger partial charge on any atom is -0.440 e. The summed E-state index contributed by atoms with van der Waals surface area (Å²) >= 11 is 0. The summed E-state index contributed by atoms with van der Waals surface area (Å²) in [6.07, 6.45) is 0. The molecule has 1 aliphatic heterocycles. The summed E-state index contributed by atoms with van der Waals surface area (Å²) in [5, 5.41) is 18.7. The fourth-order valence-electron chi connectivity index (χ4n) is 2.85. The molecule has 2 aromatic rings. The first-order valence-electron chi connectivity index (χ1n) is 7.44. The molecule has 0 aliphatic carbocycles. The quantitative estimate of drug-likeness (QED) is 0.920. The molecule has 1 unspecified atom stereocenters. The molecule has 1 aliphatic rings. The third-order valence-corrected chi connectivity index (χ3v) is 4.07. The maximum Gasteiger partial charge on any atom is 0.205 e. The second-order valence-corrected chi connectivity index (χ2v) is 5.78. The Morgan fingerprint density at radius 2 is 1.88 bits per heavy atom. The molecule has 5 heteroatoms. The molecular weight excluding hydrogens is 300 g/mol. The van der Waals surface area contributed by atoms with E-state index in [9.17, 15) is 5.26 Å². The number of nitriles is 2. The molecule has 0 amide bonds. The molecule has 0 fully saturated rings. The summed E-state index contributed by atoms with van der Waals surface area (Å²) in [5.41, 5.74) is 9.57. The molecule has 2 aromatic carbocycles. The molecule has 0 bridgehead atoms. The first-order chi connectivity index (χ1) is 11.5. The van der Waals surface area contributed by atoms with Crippen LogP contribution >= 0.6 is 0 Å². The highest BCUT2D eigenvalue weighted by Crippen LogP contribution is 2.43. The molecule has 0 saturated carbocycles. The second-order valence-electron chi connectivity index (χ2n) is 5.78. The smallest absolute Gasteiger partial charge is 0.205 e. The van der Waals surface area contributed by atoms with Gasteiger partial charge in [-0.3, -0.25) is 0 Å². The number of hydrogen-bond donors (Lipinski definition) is 1. The van der Waals surface area contributed by atoms with Crippen LogP contribution in [0.3, 0.4) is 0 Å². The van der Waals surface area contributed by atoms with E-state index in [2.05, 4.69) is 12.1 Å². The maximum absolute atomic E-state index is 9.55. The van der Waals surface area contributed by atoms with Crippen LogP contribution in [0.15, 0.2) is 53.9 Å². The predicted molar refractivity (Wildman–Crippen MR) is 91.2 cm³/mol. The Hall–Kier alpha value is -3.44. The van der Waals surface area contributed by atoms with E-state index in [4.69, 9.17) is 15.7 Å². The van der Waals surface area contributed by atoms with E-state index in [1.165, 1.54) is 0 Å². The van der Waals surface area contributed by atoms with Gasteiger partial charge in [-0.1, -0.05) is 18.2 Å². The van der Waals surface area contributed by atoms with Gasteiger partial charge in [0.15, 0.2) is 0 Å². The molecule has 0 saturated heterocycles. The van der Waals surface area contributed by atoms with Crippen molar-refractivity contribution >= 4 is 5.69 Å². The molecule has 5 nitrogen and oxygen atoms in total. The van der Waals surface area contributed by atoms with Crippen molar-refractivity contribution in [2.24, 2.45) is 5.73 Å². The van der Waals surface area contributed by atoms with E-state index in [-0.39, 0.29) is 11.8 Å². The fraction of sp³-hybridized carbons (Fsp3) is 0.158. The predicted octanol–water partition coefficient (Wildman–Crippen LogP) is 2.84. The summed E-state index contributed by atoms with van der Waals surface area (Å²) in [5.74, 6) is 0.390. The Labute approximate surface area is 140 Å². The van der Waals surface area contributed by atoms with Crippen molar-refractivity contribution in [1.82, 2.24) is 0 Å². The molecule has 24 heavy (non-hydrogen) atoms. The van der Waals surface area contributed by atoms with Crippen LogP contribution in [0.4, 0.5) is 5.69 Å². The molecule has 2 N–H and O–H groups in total. The highest BCUT2D eigenvalue weighted by Gasteiger charge is 2.30. The van der Waals surface area contributed by atoms with Gasteiger partial charge in [-0.05, 0) is 23.8 Å². The highest BCUT2D eigenvalue weighted by atomic mass is 16.5. The van der Waals surface area contributed by atoms with Gasteiger partial charge >= 0.3 is 0 Å². The minimum absolute atomic E-state index is 0.105. The van der Waals surface area contributed by atoms with Crippen LogP contribution in [0.5, 0.6) is 5.75 Å². The van der Waals surface area contributed by atoms with Crippen LogP contribution in [-0.4, -0.2) is 14.1 Å². The zero-order valence-electron chi connectivity index (χ0n) is 13.4. The Bertz CT molecular complexity index is 916. The lowest BCUT2D eigenvalue weighted by atomic mass is 9.83. The third kappa shape index (κ3) is 2.53. The van der Waals surface area contributed by atoms with Gasteiger partial charge in [0.05, 0.1) is 17.6 Å². The maximum atomic E-state index is 9.55. The van der Waals surface area contributed by atoms with Crippen molar-refractivity contribution < 1.29 is 4.74 Å². The molecule has 0 aromatic heterocycles. The Morgan fingerprint density at radius 1 is 1.08 bits per heavy atom. The van der Waals surface area contributed by atoms with Gasteiger partial charge in [-0.25, -0.2) is 0 Å². The first kappa shape index (κ1) is 15.5. The van der Waals surface area contributed by atoms with Crippen molar-refractivity contribution in [2.45, 2.75) is 5.92 Å². The lowest BCUT2D eigenvalue weighted by Gasteiger charge is -2.27. The van der Waals surface area contributed by atoms with Crippen LogP contribution in [0, 0.1) is 22.7 Å². The standard InChI is InChI=1S/C19H16N4O/c1-23(2)14-6-7-15-17(9-14)24-19(22)16(11-21)18(15)13-5-3-4-12(8-13)10-20/h3-9,18H,22H2,1-2H3. The average Bonchev–Trinajstić information content (AvgIpc) is 2.59. The number of anilines is 1. The van der Waals surface area contributed by atoms with Crippen LogP contribution < -0.4 is 15.4 Å². The molecule has 0 spiro atoms. The molecule has 1 atom stereocenters. The number of ether oxygens (including phenoxy) is 1. The zero-order chi connectivity index (χ0) is 17.3. The first-order valence-corrected chi connectivity index (χ1v) is 7.44. The normalized spacial score (nSPS) is 15.8. The molecule has 3 rings (SSSR count). The van der Waals surface area contributed by atoms with Crippen molar-refractivity contribution in [3.63, 3.8) is 0 Å². The number of fused-ring (bicyclic) bond motifs is 1. The van der Waals surface area contributed by atoms with E-state index < -0.39 is 0 Å². The van der Waals surface area contributed by atoms with Gasteiger partial charge in [0.2, 0.25) is 5.88 Å². The molecule has 1 heterocycles. The summed E-state index contributed by atoms with van der Waals surface area (Å²) in [6.45, 7) is 0. The third-order valence-electron chi connectivity index (χ3n) is 4.07. The van der Waals surface area contributed by atoms with Crippen LogP contribution in [0.1, 0.15) is 22.6 Å². The molecule has 0 radical (unpaired) electrons. The van der Waals surface area contributed by atoms with E-state index in [0.29, 0.717) is 16.9 Å². The topological polar surface area (TPSA) is 86.1 Å². The Kier molecular flexibility index (Phi) is 3.85. The summed E-state index contributed by atoms with van der Waals surface area (Å²) < 4.78 is 5.68. The van der Waals surface area contributed by atoms with Gasteiger partial charge in [-0.2, -0.15) is 10.5 Å². The van der Waals surface area contributed by atoms with Gasteiger partial charge in [-0.15, -0.1) is 0 Å². The fourth-order valence-corrected chi connectivity index (χ4v) is 2.85.